The number of carbonyl (C=O) groups excluding carboxylic acids is 1. The Morgan fingerprint density at radius 1 is 1.00 bits per heavy atom. The molecule has 2 aromatic carbocycles. The van der Waals surface area contributed by atoms with Crippen LogP contribution >= 0.6 is 0 Å². The van der Waals surface area contributed by atoms with E-state index in [0.717, 1.165) is 11.1 Å². The van der Waals surface area contributed by atoms with E-state index in [4.69, 9.17) is 10.00 Å². The monoisotopic (exact) mass is 251 g/mol. The summed E-state index contributed by atoms with van der Waals surface area (Å²) in [6.45, 7) is 0. The molecule has 0 N–H and O–H groups in total. The fourth-order valence-electron chi connectivity index (χ4n) is 1.69. The number of hydrogen-bond acceptors (Lipinski definition) is 3. The van der Waals surface area contributed by atoms with Crippen LogP contribution < -0.4 is 4.74 Å². The van der Waals surface area contributed by atoms with Gasteiger partial charge in [-0.05, 0) is 23.3 Å². The number of rotatable bonds is 4. The maximum atomic E-state index is 11.4. The van der Waals surface area contributed by atoms with Gasteiger partial charge in [0, 0.05) is 6.42 Å². The number of hydrogen-bond donors (Lipinski definition) is 0. The van der Waals surface area contributed by atoms with Crippen LogP contribution in [-0.2, 0) is 4.79 Å². The Bertz CT molecular complexity index is 582. The largest absolute Gasteiger partial charge is 0.427 e. The van der Waals surface area contributed by atoms with Crippen LogP contribution in [0.25, 0.3) is 11.1 Å². The van der Waals surface area contributed by atoms with Crippen molar-refractivity contribution >= 4 is 5.97 Å². The molecule has 0 saturated heterocycles. The van der Waals surface area contributed by atoms with E-state index in [1.54, 1.807) is 12.1 Å². The smallest absolute Gasteiger partial charge is 0.312 e. The second-order valence-corrected chi connectivity index (χ2v) is 4.02. The van der Waals surface area contributed by atoms with Crippen molar-refractivity contribution in [1.29, 1.82) is 5.26 Å². The standard InChI is InChI=1S/C16H13NO2/c17-12-4-7-16(18)19-15-10-8-14(9-11-15)13-5-2-1-3-6-13/h1-3,5-6,8-11H,4,7H2. The number of nitrogens with zero attached hydrogens (tertiary/aromatic N) is 1. The summed E-state index contributed by atoms with van der Waals surface area (Å²) in [5.41, 5.74) is 2.18. The summed E-state index contributed by atoms with van der Waals surface area (Å²) in [6, 6.07) is 19.2. The average molecular weight is 251 g/mol. The van der Waals surface area contributed by atoms with Crippen molar-refractivity contribution in [3.05, 3.63) is 54.6 Å². The maximum absolute atomic E-state index is 11.4. The molecule has 0 spiro atoms. The number of esters is 1. The minimum atomic E-state index is -0.381. The molecule has 0 aromatic heterocycles. The molecule has 0 aliphatic rings. The van der Waals surface area contributed by atoms with Gasteiger partial charge in [0.05, 0.1) is 12.5 Å². The molecule has 0 aliphatic heterocycles. The number of carbonyl (C=O) groups is 1. The fraction of sp³-hybridized carbons (Fsp3) is 0.125. The van der Waals surface area contributed by atoms with E-state index in [2.05, 4.69) is 0 Å². The van der Waals surface area contributed by atoms with Crippen molar-refractivity contribution < 1.29 is 9.53 Å². The first-order valence-electron chi connectivity index (χ1n) is 6.03. The predicted molar refractivity (Wildman–Crippen MR) is 72.4 cm³/mol. The third-order valence-electron chi connectivity index (χ3n) is 2.63. The number of ether oxygens (including phenoxy) is 1. The number of benzene rings is 2. The SMILES string of the molecule is N#CCCC(=O)Oc1ccc(-c2ccccc2)cc1. The van der Waals surface area contributed by atoms with Crippen molar-refractivity contribution in [3.63, 3.8) is 0 Å². The van der Waals surface area contributed by atoms with Crippen molar-refractivity contribution in [2.24, 2.45) is 0 Å². The highest BCUT2D eigenvalue weighted by molar-refractivity contribution is 5.73. The van der Waals surface area contributed by atoms with Gasteiger partial charge < -0.3 is 4.74 Å². The van der Waals surface area contributed by atoms with Gasteiger partial charge in [-0.3, -0.25) is 4.79 Å². The van der Waals surface area contributed by atoms with Gasteiger partial charge in [-0.15, -0.1) is 0 Å². The molecule has 0 saturated carbocycles. The molecule has 0 radical (unpaired) electrons. The summed E-state index contributed by atoms with van der Waals surface area (Å²) < 4.78 is 5.12. The van der Waals surface area contributed by atoms with Crippen LogP contribution in [0.5, 0.6) is 5.75 Å². The van der Waals surface area contributed by atoms with Gasteiger partial charge >= 0.3 is 5.97 Å². The normalized spacial score (nSPS) is 9.63. The van der Waals surface area contributed by atoms with Crippen LogP contribution in [0.2, 0.25) is 0 Å². The summed E-state index contributed by atoms with van der Waals surface area (Å²) in [5, 5.41) is 8.39. The first-order valence-corrected chi connectivity index (χ1v) is 6.03. The van der Waals surface area contributed by atoms with E-state index in [1.165, 1.54) is 0 Å². The summed E-state index contributed by atoms with van der Waals surface area (Å²) >= 11 is 0. The van der Waals surface area contributed by atoms with Gasteiger partial charge in [0.15, 0.2) is 0 Å². The van der Waals surface area contributed by atoms with Crippen LogP contribution in [0.15, 0.2) is 54.6 Å². The quantitative estimate of drug-likeness (QED) is 0.616. The topological polar surface area (TPSA) is 50.1 Å². The Morgan fingerprint density at radius 2 is 1.63 bits per heavy atom. The Balaban J connectivity index is 2.03. The van der Waals surface area contributed by atoms with Gasteiger partial charge in [-0.25, -0.2) is 0 Å². The summed E-state index contributed by atoms with van der Waals surface area (Å²) in [5.74, 6) is 0.122. The van der Waals surface area contributed by atoms with Crippen molar-refractivity contribution in [2.45, 2.75) is 12.8 Å². The first kappa shape index (κ1) is 12.8. The second kappa shape index (κ2) is 6.36. The highest BCUT2D eigenvalue weighted by Gasteiger charge is 2.04. The van der Waals surface area contributed by atoms with Crippen molar-refractivity contribution in [3.8, 4) is 22.9 Å². The molecular weight excluding hydrogens is 238 g/mol. The van der Waals surface area contributed by atoms with Crippen molar-refractivity contribution in [1.82, 2.24) is 0 Å². The van der Waals surface area contributed by atoms with E-state index in [9.17, 15) is 4.79 Å². The molecule has 0 fully saturated rings. The zero-order chi connectivity index (χ0) is 13.5. The molecular formula is C16H13NO2. The molecule has 19 heavy (non-hydrogen) atoms. The predicted octanol–water partition coefficient (Wildman–Crippen LogP) is 3.56. The first-order chi connectivity index (χ1) is 9.29. The van der Waals surface area contributed by atoms with Gasteiger partial charge in [0.25, 0.3) is 0 Å². The van der Waals surface area contributed by atoms with E-state index >= 15 is 0 Å². The molecule has 2 aromatic rings. The van der Waals surface area contributed by atoms with Crippen LogP contribution in [0.1, 0.15) is 12.8 Å². The van der Waals surface area contributed by atoms with Gasteiger partial charge in [0.2, 0.25) is 0 Å². The Kier molecular flexibility index (Phi) is 4.30. The van der Waals surface area contributed by atoms with E-state index in [-0.39, 0.29) is 18.8 Å². The van der Waals surface area contributed by atoms with Crippen LogP contribution in [0, 0.1) is 11.3 Å². The lowest BCUT2D eigenvalue weighted by atomic mass is 10.1. The number of nitriles is 1. The summed E-state index contributed by atoms with van der Waals surface area (Å²) in [4.78, 5) is 11.4. The molecule has 0 atom stereocenters. The second-order valence-electron chi connectivity index (χ2n) is 4.02. The zero-order valence-electron chi connectivity index (χ0n) is 10.4. The van der Waals surface area contributed by atoms with Gasteiger partial charge in [-0.2, -0.15) is 5.26 Å². The van der Waals surface area contributed by atoms with Gasteiger partial charge in [-0.1, -0.05) is 42.5 Å². The average Bonchev–Trinajstić information content (AvgIpc) is 2.47. The molecule has 3 nitrogen and oxygen atoms in total. The van der Waals surface area contributed by atoms with E-state index in [1.807, 2.05) is 48.5 Å². The third kappa shape index (κ3) is 3.68. The Morgan fingerprint density at radius 3 is 2.26 bits per heavy atom. The molecule has 94 valence electrons. The minimum Gasteiger partial charge on any atom is -0.427 e. The molecule has 0 bridgehead atoms. The molecule has 0 aliphatic carbocycles. The fourth-order valence-corrected chi connectivity index (χ4v) is 1.69. The van der Waals surface area contributed by atoms with Crippen LogP contribution in [-0.4, -0.2) is 5.97 Å². The van der Waals surface area contributed by atoms with Crippen LogP contribution in [0.3, 0.4) is 0 Å². The minimum absolute atomic E-state index is 0.122. The Labute approximate surface area is 112 Å². The molecule has 2 rings (SSSR count). The lowest BCUT2D eigenvalue weighted by molar-refractivity contribution is -0.134. The van der Waals surface area contributed by atoms with E-state index in [0.29, 0.717) is 5.75 Å². The Hall–Kier alpha value is -2.60. The maximum Gasteiger partial charge on any atom is 0.312 e. The molecule has 0 amide bonds. The lowest BCUT2D eigenvalue weighted by Crippen LogP contribution is -2.06. The van der Waals surface area contributed by atoms with Gasteiger partial charge in [0.1, 0.15) is 5.75 Å². The third-order valence-corrected chi connectivity index (χ3v) is 2.63. The molecule has 0 unspecified atom stereocenters. The molecule has 0 heterocycles. The van der Waals surface area contributed by atoms with E-state index < -0.39 is 0 Å². The summed E-state index contributed by atoms with van der Waals surface area (Å²) in [6.07, 6.45) is 0.303. The zero-order valence-corrected chi connectivity index (χ0v) is 10.4. The van der Waals surface area contributed by atoms with Crippen molar-refractivity contribution in [2.75, 3.05) is 0 Å². The van der Waals surface area contributed by atoms with Crippen LogP contribution in [0.4, 0.5) is 0 Å². The highest BCUT2D eigenvalue weighted by Crippen LogP contribution is 2.22. The summed E-state index contributed by atoms with van der Waals surface area (Å²) in [7, 11) is 0. The molecule has 3 heteroatoms. The highest BCUT2D eigenvalue weighted by atomic mass is 16.5. The lowest BCUT2D eigenvalue weighted by Gasteiger charge is -2.05.